The van der Waals surface area contributed by atoms with Crippen LogP contribution in [0.5, 0.6) is 5.75 Å². The van der Waals surface area contributed by atoms with Crippen molar-refractivity contribution in [2.45, 2.75) is 27.4 Å². The zero-order valence-electron chi connectivity index (χ0n) is 18.7. The van der Waals surface area contributed by atoms with E-state index in [2.05, 4.69) is 38.2 Å². The first-order chi connectivity index (χ1) is 15.8. The number of thiocarbonyl (C=S) groups is 1. The van der Waals surface area contributed by atoms with Gasteiger partial charge in [-0.25, -0.2) is 0 Å². The van der Waals surface area contributed by atoms with E-state index in [1.807, 2.05) is 42.5 Å². The van der Waals surface area contributed by atoms with E-state index >= 15 is 0 Å². The van der Waals surface area contributed by atoms with Crippen LogP contribution in [0.1, 0.15) is 27.8 Å². The molecule has 0 unspecified atom stereocenters. The van der Waals surface area contributed by atoms with E-state index in [-0.39, 0.29) is 10.7 Å². The van der Waals surface area contributed by atoms with E-state index < -0.39 is 11.8 Å². The number of nitrogens with one attached hydrogen (secondary N) is 1. The number of carbonyl (C=O) groups is 2. The molecule has 1 heterocycles. The van der Waals surface area contributed by atoms with E-state index in [9.17, 15) is 9.59 Å². The maximum absolute atomic E-state index is 13.0. The molecule has 3 aromatic rings. The average Bonchev–Trinajstić information content (AvgIpc) is 2.77. The van der Waals surface area contributed by atoms with Gasteiger partial charge in [0.2, 0.25) is 0 Å². The zero-order valence-corrected chi connectivity index (χ0v) is 19.5. The molecule has 1 N–H and O–H groups in total. The number of aryl methyl sites for hydroxylation is 3. The highest BCUT2D eigenvalue weighted by Crippen LogP contribution is 2.23. The van der Waals surface area contributed by atoms with E-state index in [1.165, 1.54) is 27.2 Å². The maximum Gasteiger partial charge on any atom is 0.270 e. The quantitative estimate of drug-likeness (QED) is 0.333. The van der Waals surface area contributed by atoms with Gasteiger partial charge in [0.05, 0.1) is 5.69 Å². The molecule has 0 aliphatic carbocycles. The Morgan fingerprint density at radius 1 is 0.939 bits per heavy atom. The van der Waals surface area contributed by atoms with Gasteiger partial charge in [-0.3, -0.25) is 19.8 Å². The van der Waals surface area contributed by atoms with Crippen LogP contribution in [0.3, 0.4) is 0 Å². The highest BCUT2D eigenvalue weighted by Gasteiger charge is 2.34. The number of anilines is 1. The van der Waals surface area contributed by atoms with Crippen LogP contribution >= 0.6 is 12.2 Å². The lowest BCUT2D eigenvalue weighted by Crippen LogP contribution is -2.54. The number of nitrogens with zero attached hydrogens (tertiary/aromatic N) is 1. The minimum absolute atomic E-state index is 0.0204. The monoisotopic (exact) mass is 456 g/mol. The highest BCUT2D eigenvalue weighted by atomic mass is 32.1. The predicted molar refractivity (Wildman–Crippen MR) is 134 cm³/mol. The minimum Gasteiger partial charge on any atom is -0.489 e. The summed E-state index contributed by atoms with van der Waals surface area (Å²) >= 11 is 5.22. The normalized spacial score (nSPS) is 15.1. The number of hydrogen-bond acceptors (Lipinski definition) is 4. The first kappa shape index (κ1) is 22.4. The van der Waals surface area contributed by atoms with E-state index in [0.717, 1.165) is 0 Å². The highest BCUT2D eigenvalue weighted by molar-refractivity contribution is 7.80. The number of ether oxygens (including phenoxy) is 1. The van der Waals surface area contributed by atoms with Crippen molar-refractivity contribution in [1.29, 1.82) is 0 Å². The molecule has 1 aliphatic rings. The number of hydrogen-bond donors (Lipinski definition) is 1. The molecule has 0 atom stereocenters. The summed E-state index contributed by atoms with van der Waals surface area (Å²) in [5, 5.41) is 2.67. The molecule has 3 aromatic carbocycles. The summed E-state index contributed by atoms with van der Waals surface area (Å²) in [5.41, 5.74) is 6.15. The Hall–Kier alpha value is -3.77. The van der Waals surface area contributed by atoms with Crippen LogP contribution in [0.15, 0.2) is 72.3 Å². The molecular weight excluding hydrogens is 432 g/mol. The van der Waals surface area contributed by atoms with Crippen molar-refractivity contribution < 1.29 is 14.3 Å². The SMILES string of the molecule is Cc1cc(C)c(COc2ccc(/C=C3\C(=O)NC(=S)N(c4ccccc4)C3=O)cc2)c(C)c1. The lowest BCUT2D eigenvalue weighted by Gasteiger charge is -2.28. The fourth-order valence-corrected chi connectivity index (χ4v) is 4.17. The van der Waals surface area contributed by atoms with Crippen molar-refractivity contribution >= 4 is 40.9 Å². The van der Waals surface area contributed by atoms with Crippen molar-refractivity contribution in [3.8, 4) is 5.75 Å². The molecular formula is C27H24N2O3S. The molecule has 6 heteroatoms. The molecule has 33 heavy (non-hydrogen) atoms. The summed E-state index contributed by atoms with van der Waals surface area (Å²) < 4.78 is 5.98. The summed E-state index contributed by atoms with van der Waals surface area (Å²) in [6.07, 6.45) is 1.56. The summed E-state index contributed by atoms with van der Waals surface area (Å²) in [7, 11) is 0. The first-order valence-corrected chi connectivity index (χ1v) is 11.0. The van der Waals surface area contributed by atoms with Crippen molar-refractivity contribution in [2.24, 2.45) is 0 Å². The van der Waals surface area contributed by atoms with Gasteiger partial charge in [0.15, 0.2) is 5.11 Å². The molecule has 1 saturated heterocycles. The summed E-state index contributed by atoms with van der Waals surface area (Å²) in [6.45, 7) is 6.74. The van der Waals surface area contributed by atoms with Gasteiger partial charge in [0, 0.05) is 0 Å². The molecule has 0 bridgehead atoms. The van der Waals surface area contributed by atoms with Crippen LogP contribution in [-0.4, -0.2) is 16.9 Å². The molecule has 4 rings (SSSR count). The third kappa shape index (κ3) is 4.86. The van der Waals surface area contributed by atoms with E-state index in [0.29, 0.717) is 23.6 Å². The number of carbonyl (C=O) groups excluding carboxylic acids is 2. The van der Waals surface area contributed by atoms with Crippen molar-refractivity contribution in [2.75, 3.05) is 4.90 Å². The Balaban J connectivity index is 1.51. The molecule has 166 valence electrons. The number of para-hydroxylation sites is 1. The molecule has 1 fully saturated rings. The Bertz CT molecular complexity index is 1240. The predicted octanol–water partition coefficient (Wildman–Crippen LogP) is 5.02. The lowest BCUT2D eigenvalue weighted by molar-refractivity contribution is -0.122. The molecule has 2 amide bonds. The first-order valence-electron chi connectivity index (χ1n) is 10.6. The van der Waals surface area contributed by atoms with Gasteiger partial charge in [-0.05, 0) is 85.6 Å². The van der Waals surface area contributed by atoms with Gasteiger partial charge in [-0.1, -0.05) is 48.0 Å². The minimum atomic E-state index is -0.511. The van der Waals surface area contributed by atoms with Crippen molar-refractivity contribution in [1.82, 2.24) is 5.32 Å². The third-order valence-electron chi connectivity index (χ3n) is 5.53. The van der Waals surface area contributed by atoms with Gasteiger partial charge in [0.1, 0.15) is 17.9 Å². The number of amides is 2. The standard InChI is InChI=1S/C27H24N2O3S/c1-17-13-18(2)24(19(3)14-17)16-32-22-11-9-20(10-12-22)15-23-25(30)28-27(33)29(26(23)31)21-7-5-4-6-8-21/h4-15H,16H2,1-3H3,(H,28,30,33)/b23-15+. The average molecular weight is 457 g/mol. The van der Waals surface area contributed by atoms with Gasteiger partial charge >= 0.3 is 0 Å². The van der Waals surface area contributed by atoms with Crippen molar-refractivity contribution in [3.63, 3.8) is 0 Å². The topological polar surface area (TPSA) is 58.6 Å². The molecule has 1 aliphatic heterocycles. The summed E-state index contributed by atoms with van der Waals surface area (Å²) in [6, 6.07) is 20.6. The Kier molecular flexibility index (Phi) is 6.38. The number of benzene rings is 3. The van der Waals surface area contributed by atoms with E-state index in [1.54, 1.807) is 18.2 Å². The molecule has 0 aromatic heterocycles. The zero-order chi connectivity index (χ0) is 23.5. The lowest BCUT2D eigenvalue weighted by atomic mass is 10.0. The molecule has 0 spiro atoms. The summed E-state index contributed by atoms with van der Waals surface area (Å²) in [4.78, 5) is 26.8. The fraction of sp³-hybridized carbons (Fsp3) is 0.148. The Morgan fingerprint density at radius 3 is 2.21 bits per heavy atom. The molecule has 0 radical (unpaired) electrons. The van der Waals surface area contributed by atoms with Gasteiger partial charge in [-0.2, -0.15) is 0 Å². The second-order valence-electron chi connectivity index (χ2n) is 8.03. The Morgan fingerprint density at radius 2 is 1.58 bits per heavy atom. The van der Waals surface area contributed by atoms with Gasteiger partial charge in [0.25, 0.3) is 11.8 Å². The molecule has 0 saturated carbocycles. The van der Waals surface area contributed by atoms with Crippen LogP contribution in [0.4, 0.5) is 5.69 Å². The van der Waals surface area contributed by atoms with Crippen LogP contribution in [0, 0.1) is 20.8 Å². The largest absolute Gasteiger partial charge is 0.489 e. The van der Waals surface area contributed by atoms with E-state index in [4.69, 9.17) is 17.0 Å². The third-order valence-corrected chi connectivity index (χ3v) is 5.82. The van der Waals surface area contributed by atoms with Crippen molar-refractivity contribution in [3.05, 3.63) is 100 Å². The van der Waals surface area contributed by atoms with Crippen LogP contribution in [0.2, 0.25) is 0 Å². The maximum atomic E-state index is 13.0. The second kappa shape index (κ2) is 9.38. The number of rotatable bonds is 5. The smallest absolute Gasteiger partial charge is 0.270 e. The van der Waals surface area contributed by atoms with Crippen LogP contribution in [0.25, 0.3) is 6.08 Å². The van der Waals surface area contributed by atoms with Gasteiger partial charge < -0.3 is 4.74 Å². The Labute approximate surface area is 198 Å². The van der Waals surface area contributed by atoms with Gasteiger partial charge in [-0.15, -0.1) is 0 Å². The summed E-state index contributed by atoms with van der Waals surface area (Å²) in [5.74, 6) is -0.258. The fourth-order valence-electron chi connectivity index (χ4n) is 3.89. The van der Waals surface area contributed by atoms with Crippen LogP contribution < -0.4 is 15.0 Å². The second-order valence-corrected chi connectivity index (χ2v) is 8.42. The van der Waals surface area contributed by atoms with Crippen LogP contribution in [-0.2, 0) is 16.2 Å². The molecule has 5 nitrogen and oxygen atoms in total.